The van der Waals surface area contributed by atoms with Crippen LogP contribution in [0.25, 0.3) is 0 Å². The Balaban J connectivity index is 1.41. The van der Waals surface area contributed by atoms with Crippen LogP contribution in [0.5, 0.6) is 0 Å². The summed E-state index contributed by atoms with van der Waals surface area (Å²) in [5.41, 5.74) is 2.14. The molecule has 2 saturated heterocycles. The number of rotatable bonds is 2. The van der Waals surface area contributed by atoms with Crippen molar-refractivity contribution >= 4 is 6.03 Å². The highest BCUT2D eigenvalue weighted by molar-refractivity contribution is 5.74. The minimum absolute atomic E-state index is 0.114. The summed E-state index contributed by atoms with van der Waals surface area (Å²) in [5.74, 6) is 0. The number of aliphatic hydroxyl groups excluding tert-OH is 1. The highest BCUT2D eigenvalue weighted by Crippen LogP contribution is 2.18. The van der Waals surface area contributed by atoms with Crippen LogP contribution >= 0.6 is 0 Å². The maximum atomic E-state index is 12.8. The van der Waals surface area contributed by atoms with Crippen LogP contribution in [0.2, 0.25) is 0 Å². The molecule has 0 spiro atoms. The van der Waals surface area contributed by atoms with Gasteiger partial charge >= 0.3 is 6.03 Å². The number of urea groups is 1. The Labute approximate surface area is 154 Å². The average molecular weight is 363 g/mol. The second-order valence-corrected chi connectivity index (χ2v) is 7.54. The van der Waals surface area contributed by atoms with Crippen LogP contribution in [-0.2, 0) is 24.4 Å². The first kappa shape index (κ1) is 17.8. The Morgan fingerprint density at radius 3 is 2.81 bits per heavy atom. The molecule has 2 amide bonds. The van der Waals surface area contributed by atoms with E-state index in [4.69, 9.17) is 9.84 Å². The molecule has 1 aromatic heterocycles. The molecule has 3 aliphatic heterocycles. The number of hydrogen-bond acceptors (Lipinski definition) is 5. The molecule has 1 unspecified atom stereocenters. The van der Waals surface area contributed by atoms with E-state index in [1.165, 1.54) is 0 Å². The topological polar surface area (TPSA) is 74.1 Å². The van der Waals surface area contributed by atoms with Gasteiger partial charge in [0.15, 0.2) is 0 Å². The molecular formula is C18H29N5O3. The number of carbonyl (C=O) groups is 1. The zero-order chi connectivity index (χ0) is 17.9. The van der Waals surface area contributed by atoms with Crippen LogP contribution in [0.4, 0.5) is 4.79 Å². The SMILES string of the molecule is O=C(N1CCOCC1)N1CCCn2nc(CN3CCCC(O)C3)cc2C1. The second kappa shape index (κ2) is 7.94. The summed E-state index contributed by atoms with van der Waals surface area (Å²) in [6.45, 7) is 7.37. The Hall–Kier alpha value is -1.64. The Morgan fingerprint density at radius 2 is 2.00 bits per heavy atom. The smallest absolute Gasteiger partial charge is 0.320 e. The third-order valence-corrected chi connectivity index (χ3v) is 5.48. The van der Waals surface area contributed by atoms with E-state index in [2.05, 4.69) is 15.6 Å². The highest BCUT2D eigenvalue weighted by Gasteiger charge is 2.26. The lowest BCUT2D eigenvalue weighted by Crippen LogP contribution is -2.48. The number of amides is 2. The predicted molar refractivity (Wildman–Crippen MR) is 95.6 cm³/mol. The quantitative estimate of drug-likeness (QED) is 0.828. The molecule has 0 aromatic carbocycles. The summed E-state index contributed by atoms with van der Waals surface area (Å²) in [7, 11) is 0. The number of likely N-dealkylation sites (tertiary alicyclic amines) is 1. The van der Waals surface area contributed by atoms with Gasteiger partial charge in [-0.05, 0) is 31.9 Å². The van der Waals surface area contributed by atoms with Gasteiger partial charge in [-0.3, -0.25) is 9.58 Å². The van der Waals surface area contributed by atoms with Crippen LogP contribution in [-0.4, -0.2) is 87.7 Å². The minimum atomic E-state index is -0.217. The predicted octanol–water partition coefficient (Wildman–Crippen LogP) is 0.498. The number of piperidine rings is 1. The highest BCUT2D eigenvalue weighted by atomic mass is 16.5. The first-order chi connectivity index (χ1) is 12.7. The van der Waals surface area contributed by atoms with E-state index < -0.39 is 0 Å². The molecule has 8 heteroatoms. The zero-order valence-electron chi connectivity index (χ0n) is 15.3. The summed E-state index contributed by atoms with van der Waals surface area (Å²) < 4.78 is 7.41. The molecule has 3 aliphatic rings. The molecule has 1 atom stereocenters. The summed E-state index contributed by atoms with van der Waals surface area (Å²) in [6.07, 6.45) is 2.64. The lowest BCUT2D eigenvalue weighted by Gasteiger charge is -2.32. The number of morpholine rings is 1. The van der Waals surface area contributed by atoms with Crippen LogP contribution in [0.3, 0.4) is 0 Å². The number of ether oxygens (including phenoxy) is 1. The maximum Gasteiger partial charge on any atom is 0.320 e. The zero-order valence-corrected chi connectivity index (χ0v) is 15.3. The van der Waals surface area contributed by atoms with Crippen molar-refractivity contribution in [3.05, 3.63) is 17.5 Å². The first-order valence-electron chi connectivity index (χ1n) is 9.76. The van der Waals surface area contributed by atoms with Gasteiger partial charge in [-0.25, -0.2) is 4.79 Å². The molecule has 144 valence electrons. The van der Waals surface area contributed by atoms with E-state index >= 15 is 0 Å². The number of nitrogens with zero attached hydrogens (tertiary/aromatic N) is 5. The van der Waals surface area contributed by atoms with Crippen molar-refractivity contribution in [1.29, 1.82) is 0 Å². The summed E-state index contributed by atoms with van der Waals surface area (Å²) in [5, 5.41) is 14.6. The van der Waals surface area contributed by atoms with E-state index in [0.29, 0.717) is 32.8 Å². The molecule has 2 fully saturated rings. The Kier molecular flexibility index (Phi) is 5.42. The molecular weight excluding hydrogens is 334 g/mol. The third-order valence-electron chi connectivity index (χ3n) is 5.48. The van der Waals surface area contributed by atoms with Gasteiger partial charge in [-0.2, -0.15) is 5.10 Å². The summed E-state index contributed by atoms with van der Waals surface area (Å²) >= 11 is 0. The van der Waals surface area contributed by atoms with Crippen molar-refractivity contribution < 1.29 is 14.6 Å². The number of aromatic nitrogens is 2. The number of β-amino-alcohol motifs (C(OH)–C–C–N with tert-alkyl or cyclic N) is 1. The van der Waals surface area contributed by atoms with Crippen molar-refractivity contribution in [2.45, 2.75) is 45.0 Å². The van der Waals surface area contributed by atoms with Crippen molar-refractivity contribution in [3.63, 3.8) is 0 Å². The van der Waals surface area contributed by atoms with Crippen molar-refractivity contribution in [3.8, 4) is 0 Å². The monoisotopic (exact) mass is 363 g/mol. The van der Waals surface area contributed by atoms with E-state index in [0.717, 1.165) is 63.4 Å². The Morgan fingerprint density at radius 1 is 1.15 bits per heavy atom. The lowest BCUT2D eigenvalue weighted by atomic mass is 10.1. The molecule has 0 aliphatic carbocycles. The average Bonchev–Trinajstić information content (AvgIpc) is 2.91. The normalized spacial score (nSPS) is 25.0. The number of aliphatic hydroxyl groups is 1. The van der Waals surface area contributed by atoms with E-state index in [-0.39, 0.29) is 12.1 Å². The molecule has 4 rings (SSSR count). The number of hydrogen-bond donors (Lipinski definition) is 1. The third kappa shape index (κ3) is 4.02. The fourth-order valence-corrected chi connectivity index (χ4v) is 4.12. The molecule has 0 bridgehead atoms. The fourth-order valence-electron chi connectivity index (χ4n) is 4.12. The van der Waals surface area contributed by atoms with Crippen molar-refractivity contribution in [2.24, 2.45) is 0 Å². The molecule has 26 heavy (non-hydrogen) atoms. The van der Waals surface area contributed by atoms with Gasteiger partial charge in [-0.1, -0.05) is 0 Å². The van der Waals surface area contributed by atoms with Gasteiger partial charge in [0.25, 0.3) is 0 Å². The van der Waals surface area contributed by atoms with Crippen LogP contribution in [0, 0.1) is 0 Å². The minimum Gasteiger partial charge on any atom is -0.392 e. The molecule has 0 saturated carbocycles. The summed E-state index contributed by atoms with van der Waals surface area (Å²) in [6, 6.07) is 2.25. The van der Waals surface area contributed by atoms with Gasteiger partial charge in [0, 0.05) is 39.3 Å². The fraction of sp³-hybridized carbons (Fsp3) is 0.778. The van der Waals surface area contributed by atoms with Crippen LogP contribution < -0.4 is 0 Å². The maximum absolute atomic E-state index is 12.8. The number of aryl methyl sites for hydroxylation is 1. The van der Waals surface area contributed by atoms with Gasteiger partial charge in [-0.15, -0.1) is 0 Å². The van der Waals surface area contributed by atoms with Gasteiger partial charge < -0.3 is 19.6 Å². The number of fused-ring (bicyclic) bond motifs is 1. The molecule has 4 heterocycles. The molecule has 8 nitrogen and oxygen atoms in total. The van der Waals surface area contributed by atoms with E-state index in [1.807, 2.05) is 9.80 Å². The second-order valence-electron chi connectivity index (χ2n) is 7.54. The van der Waals surface area contributed by atoms with E-state index in [9.17, 15) is 9.90 Å². The van der Waals surface area contributed by atoms with Gasteiger partial charge in [0.1, 0.15) is 0 Å². The van der Waals surface area contributed by atoms with Crippen LogP contribution in [0.15, 0.2) is 6.07 Å². The number of carbonyl (C=O) groups excluding carboxylic acids is 1. The molecule has 1 N–H and O–H groups in total. The van der Waals surface area contributed by atoms with E-state index in [1.54, 1.807) is 0 Å². The first-order valence-corrected chi connectivity index (χ1v) is 9.76. The largest absolute Gasteiger partial charge is 0.392 e. The van der Waals surface area contributed by atoms with Gasteiger partial charge in [0.2, 0.25) is 0 Å². The molecule has 1 aromatic rings. The molecule has 0 radical (unpaired) electrons. The Bertz CT molecular complexity index is 628. The summed E-state index contributed by atoms with van der Waals surface area (Å²) in [4.78, 5) is 18.9. The van der Waals surface area contributed by atoms with Gasteiger partial charge in [0.05, 0.1) is 37.3 Å². The standard InChI is InChI=1S/C18H29N5O3/c24-17-3-1-4-20(14-17)12-15-11-16-13-22(5-2-6-23(16)19-15)18(25)21-7-9-26-10-8-21/h11,17,24H,1-10,12-14H2. The van der Waals surface area contributed by atoms with Crippen LogP contribution in [0.1, 0.15) is 30.7 Å². The lowest BCUT2D eigenvalue weighted by molar-refractivity contribution is 0.0427. The van der Waals surface area contributed by atoms with Crippen molar-refractivity contribution in [1.82, 2.24) is 24.5 Å². The van der Waals surface area contributed by atoms with Crippen molar-refractivity contribution in [2.75, 3.05) is 45.9 Å².